The molecule has 22 heavy (non-hydrogen) atoms. The molecule has 3 heterocycles. The number of carbonyl (C=O) groups excluding carboxylic acids is 1. The molecule has 3 rings (SSSR count). The number of H-pyrrole nitrogens is 1. The summed E-state index contributed by atoms with van der Waals surface area (Å²) in [5.41, 5.74) is 4.45. The Kier molecular flexibility index (Phi) is 3.74. The lowest BCUT2D eigenvalue weighted by molar-refractivity contribution is -0.105. The molecule has 0 saturated heterocycles. The zero-order chi connectivity index (χ0) is 15.5. The second kappa shape index (κ2) is 5.85. The number of nitrogens with one attached hydrogen (secondary N) is 2. The maximum Gasteiger partial charge on any atom is 0.211 e. The molecule has 0 saturated carbocycles. The van der Waals surface area contributed by atoms with Crippen molar-refractivity contribution in [3.8, 4) is 0 Å². The van der Waals surface area contributed by atoms with Crippen molar-refractivity contribution in [2.45, 2.75) is 13.5 Å². The highest BCUT2D eigenvalue weighted by Crippen LogP contribution is 2.31. The summed E-state index contributed by atoms with van der Waals surface area (Å²) in [6, 6.07) is 5.94. The van der Waals surface area contributed by atoms with Gasteiger partial charge in [0, 0.05) is 37.1 Å². The first kappa shape index (κ1) is 14.1. The van der Waals surface area contributed by atoms with Crippen molar-refractivity contribution < 1.29 is 4.79 Å². The molecule has 2 N–H and O–H groups in total. The summed E-state index contributed by atoms with van der Waals surface area (Å²) in [4.78, 5) is 24.7. The standard InChI is InChI=1S/C16H17N5O/c1-11-3-4-12(7-18-11)9-21(2)14-8-19-16-13(5-6-17-16)15(14)20-10-22/h3-8,10H,9H2,1-2H3,(H2,17,19,20,22). The Morgan fingerprint density at radius 3 is 2.86 bits per heavy atom. The van der Waals surface area contributed by atoms with Gasteiger partial charge in [0.15, 0.2) is 0 Å². The lowest BCUT2D eigenvalue weighted by atomic mass is 10.2. The quantitative estimate of drug-likeness (QED) is 0.709. The molecule has 112 valence electrons. The van der Waals surface area contributed by atoms with Gasteiger partial charge in [0.2, 0.25) is 6.41 Å². The highest BCUT2D eigenvalue weighted by molar-refractivity contribution is 6.00. The van der Waals surface area contributed by atoms with Crippen LogP contribution in [0.15, 0.2) is 36.8 Å². The van der Waals surface area contributed by atoms with E-state index in [1.807, 2.05) is 43.3 Å². The smallest absolute Gasteiger partial charge is 0.211 e. The molecule has 0 bridgehead atoms. The van der Waals surface area contributed by atoms with Gasteiger partial charge in [0.25, 0.3) is 0 Å². The monoisotopic (exact) mass is 295 g/mol. The van der Waals surface area contributed by atoms with Gasteiger partial charge in [-0.3, -0.25) is 9.78 Å². The molecule has 6 nitrogen and oxygen atoms in total. The van der Waals surface area contributed by atoms with Crippen molar-refractivity contribution in [2.75, 3.05) is 17.3 Å². The molecular formula is C16H17N5O. The number of fused-ring (bicyclic) bond motifs is 1. The maximum absolute atomic E-state index is 10.9. The van der Waals surface area contributed by atoms with Crippen LogP contribution in [0.1, 0.15) is 11.3 Å². The fourth-order valence-corrected chi connectivity index (χ4v) is 2.45. The topological polar surface area (TPSA) is 73.9 Å². The lowest BCUT2D eigenvalue weighted by Crippen LogP contribution is -2.18. The largest absolute Gasteiger partial charge is 0.367 e. The zero-order valence-corrected chi connectivity index (χ0v) is 12.5. The third-order valence-electron chi connectivity index (χ3n) is 3.57. The van der Waals surface area contributed by atoms with Crippen molar-refractivity contribution >= 4 is 28.8 Å². The minimum atomic E-state index is 0.679. The number of carbonyl (C=O) groups is 1. The number of anilines is 2. The molecule has 0 atom stereocenters. The second-order valence-electron chi connectivity index (χ2n) is 5.18. The van der Waals surface area contributed by atoms with Gasteiger partial charge in [0.1, 0.15) is 5.65 Å². The van der Waals surface area contributed by atoms with E-state index in [2.05, 4.69) is 20.3 Å². The van der Waals surface area contributed by atoms with Gasteiger partial charge < -0.3 is 15.2 Å². The summed E-state index contributed by atoms with van der Waals surface area (Å²) in [5, 5.41) is 3.67. The Hall–Kier alpha value is -2.89. The van der Waals surface area contributed by atoms with Gasteiger partial charge in [-0.05, 0) is 24.6 Å². The van der Waals surface area contributed by atoms with Crippen LogP contribution < -0.4 is 10.2 Å². The molecular weight excluding hydrogens is 278 g/mol. The van der Waals surface area contributed by atoms with Gasteiger partial charge >= 0.3 is 0 Å². The molecule has 0 fully saturated rings. The molecule has 1 amide bonds. The Bertz CT molecular complexity index is 794. The fraction of sp³-hybridized carbons (Fsp3) is 0.188. The molecule has 0 unspecified atom stereocenters. The van der Waals surface area contributed by atoms with E-state index in [9.17, 15) is 4.79 Å². The van der Waals surface area contributed by atoms with E-state index in [0.29, 0.717) is 13.0 Å². The van der Waals surface area contributed by atoms with E-state index in [1.54, 1.807) is 12.4 Å². The highest BCUT2D eigenvalue weighted by atomic mass is 16.1. The number of hydrogen-bond acceptors (Lipinski definition) is 4. The summed E-state index contributed by atoms with van der Waals surface area (Å²) in [6.07, 6.45) is 6.11. The summed E-state index contributed by atoms with van der Waals surface area (Å²) in [6.45, 7) is 2.64. The normalized spacial score (nSPS) is 10.6. The third-order valence-corrected chi connectivity index (χ3v) is 3.57. The average Bonchev–Trinajstić information content (AvgIpc) is 2.99. The maximum atomic E-state index is 10.9. The third kappa shape index (κ3) is 2.63. The fourth-order valence-electron chi connectivity index (χ4n) is 2.45. The number of amides is 1. The molecule has 6 heteroatoms. The van der Waals surface area contributed by atoms with Crippen LogP contribution in [-0.4, -0.2) is 28.4 Å². The summed E-state index contributed by atoms with van der Waals surface area (Å²) >= 11 is 0. The Morgan fingerprint density at radius 1 is 1.27 bits per heavy atom. The summed E-state index contributed by atoms with van der Waals surface area (Å²) < 4.78 is 0. The first-order chi connectivity index (χ1) is 10.7. The van der Waals surface area contributed by atoms with E-state index in [4.69, 9.17) is 0 Å². The van der Waals surface area contributed by atoms with Crippen molar-refractivity contribution in [3.05, 3.63) is 48.0 Å². The number of aromatic nitrogens is 3. The van der Waals surface area contributed by atoms with Crippen LogP contribution in [-0.2, 0) is 11.3 Å². The summed E-state index contributed by atoms with van der Waals surface area (Å²) in [7, 11) is 1.96. The Labute approximate surface area is 128 Å². The molecule has 0 spiro atoms. The van der Waals surface area contributed by atoms with E-state index in [0.717, 1.165) is 33.7 Å². The first-order valence-electron chi connectivity index (χ1n) is 6.98. The van der Waals surface area contributed by atoms with Crippen LogP contribution >= 0.6 is 0 Å². The lowest BCUT2D eigenvalue weighted by Gasteiger charge is -2.22. The van der Waals surface area contributed by atoms with E-state index in [-0.39, 0.29) is 0 Å². The van der Waals surface area contributed by atoms with Crippen LogP contribution in [0, 0.1) is 6.92 Å². The van der Waals surface area contributed by atoms with E-state index >= 15 is 0 Å². The van der Waals surface area contributed by atoms with E-state index in [1.165, 1.54) is 0 Å². The van der Waals surface area contributed by atoms with Crippen molar-refractivity contribution in [1.82, 2.24) is 15.0 Å². The first-order valence-corrected chi connectivity index (χ1v) is 6.98. The van der Waals surface area contributed by atoms with Gasteiger partial charge in [-0.2, -0.15) is 0 Å². The molecule has 3 aromatic rings. The molecule has 0 aliphatic heterocycles. The number of aromatic amines is 1. The van der Waals surface area contributed by atoms with Crippen molar-refractivity contribution in [1.29, 1.82) is 0 Å². The average molecular weight is 295 g/mol. The molecule has 0 aliphatic carbocycles. The van der Waals surface area contributed by atoms with Crippen LogP contribution in [0.25, 0.3) is 11.0 Å². The van der Waals surface area contributed by atoms with Gasteiger partial charge in [-0.15, -0.1) is 0 Å². The number of pyridine rings is 2. The van der Waals surface area contributed by atoms with Crippen LogP contribution in [0.4, 0.5) is 11.4 Å². The number of aryl methyl sites for hydroxylation is 1. The van der Waals surface area contributed by atoms with Crippen molar-refractivity contribution in [3.63, 3.8) is 0 Å². The minimum Gasteiger partial charge on any atom is -0.367 e. The number of nitrogens with zero attached hydrogens (tertiary/aromatic N) is 3. The van der Waals surface area contributed by atoms with Gasteiger partial charge in [0.05, 0.1) is 17.6 Å². The van der Waals surface area contributed by atoms with E-state index < -0.39 is 0 Å². The zero-order valence-electron chi connectivity index (χ0n) is 12.5. The number of rotatable bonds is 5. The molecule has 0 radical (unpaired) electrons. The Morgan fingerprint density at radius 2 is 2.14 bits per heavy atom. The SMILES string of the molecule is Cc1ccc(CN(C)c2cnc3[nH]ccc3c2NC=O)cn1. The van der Waals surface area contributed by atoms with Crippen LogP contribution in [0.3, 0.4) is 0 Å². The highest BCUT2D eigenvalue weighted by Gasteiger charge is 2.13. The minimum absolute atomic E-state index is 0.679. The van der Waals surface area contributed by atoms with Gasteiger partial charge in [-0.1, -0.05) is 6.07 Å². The molecule has 0 aromatic carbocycles. The molecule has 0 aliphatic rings. The van der Waals surface area contributed by atoms with Gasteiger partial charge in [-0.25, -0.2) is 4.98 Å². The van der Waals surface area contributed by atoms with Crippen molar-refractivity contribution in [2.24, 2.45) is 0 Å². The van der Waals surface area contributed by atoms with Crippen LogP contribution in [0.2, 0.25) is 0 Å². The predicted molar refractivity (Wildman–Crippen MR) is 86.9 cm³/mol. The number of hydrogen-bond donors (Lipinski definition) is 2. The second-order valence-corrected chi connectivity index (χ2v) is 5.18. The molecule has 3 aromatic heterocycles. The summed E-state index contributed by atoms with van der Waals surface area (Å²) in [5.74, 6) is 0. The Balaban J connectivity index is 1.95. The predicted octanol–water partition coefficient (Wildman–Crippen LogP) is 2.47. The van der Waals surface area contributed by atoms with Crippen LogP contribution in [0.5, 0.6) is 0 Å².